The molecule has 0 spiro atoms. The number of methoxy groups -OCH3 is 1. The first kappa shape index (κ1) is 29.5. The van der Waals surface area contributed by atoms with Crippen LogP contribution in [0.1, 0.15) is 12.8 Å². The van der Waals surface area contributed by atoms with Gasteiger partial charge in [-0.05, 0) is 42.5 Å². The molecule has 11 nitrogen and oxygen atoms in total. The van der Waals surface area contributed by atoms with E-state index in [4.69, 9.17) is 23.4 Å². The highest BCUT2D eigenvalue weighted by atomic mass is 16.5. The van der Waals surface area contributed by atoms with Gasteiger partial charge in [-0.3, -0.25) is 9.69 Å². The van der Waals surface area contributed by atoms with E-state index in [1.807, 2.05) is 42.5 Å². The second kappa shape index (κ2) is 13.8. The van der Waals surface area contributed by atoms with Crippen molar-refractivity contribution in [3.8, 4) is 28.6 Å². The van der Waals surface area contributed by atoms with Crippen LogP contribution in [-0.4, -0.2) is 91.4 Å². The van der Waals surface area contributed by atoms with E-state index in [0.717, 1.165) is 55.2 Å². The van der Waals surface area contributed by atoms with Crippen LogP contribution in [0.4, 0.5) is 11.5 Å². The molecule has 2 aromatic heterocycles. The van der Waals surface area contributed by atoms with Gasteiger partial charge >= 0.3 is 0 Å². The van der Waals surface area contributed by atoms with Crippen molar-refractivity contribution < 1.29 is 28.2 Å². The van der Waals surface area contributed by atoms with Crippen molar-refractivity contribution in [3.05, 3.63) is 67.7 Å². The second-order valence-corrected chi connectivity index (χ2v) is 10.7. The van der Waals surface area contributed by atoms with Crippen LogP contribution in [0, 0.1) is 0 Å². The quantitative estimate of drug-likeness (QED) is 0.239. The lowest BCUT2D eigenvalue weighted by Gasteiger charge is -2.32. The Labute approximate surface area is 256 Å². The van der Waals surface area contributed by atoms with Crippen molar-refractivity contribution in [2.45, 2.75) is 18.9 Å². The summed E-state index contributed by atoms with van der Waals surface area (Å²) in [6.45, 7) is 9.36. The van der Waals surface area contributed by atoms with Crippen LogP contribution < -0.4 is 19.5 Å². The highest BCUT2D eigenvalue weighted by Crippen LogP contribution is 2.38. The molecule has 0 atom stereocenters. The molecule has 230 valence electrons. The molecule has 1 amide bonds. The average molecular weight is 600 g/mol. The minimum atomic E-state index is -0.0750. The Kier molecular flexibility index (Phi) is 9.23. The fourth-order valence-electron chi connectivity index (χ4n) is 5.51. The van der Waals surface area contributed by atoms with Gasteiger partial charge in [-0.1, -0.05) is 6.58 Å². The summed E-state index contributed by atoms with van der Waals surface area (Å²) < 4.78 is 29.6. The lowest BCUT2D eigenvalue weighted by atomic mass is 10.1. The highest BCUT2D eigenvalue weighted by Gasteiger charge is 2.24. The fraction of sp³-hybridized carbons (Fsp3) is 0.364. The summed E-state index contributed by atoms with van der Waals surface area (Å²) in [5.41, 5.74) is 2.34. The molecule has 4 heterocycles. The molecule has 4 aromatic rings. The number of furan rings is 1. The molecule has 2 fully saturated rings. The summed E-state index contributed by atoms with van der Waals surface area (Å²) in [6.07, 6.45) is 5.87. The number of amides is 1. The summed E-state index contributed by atoms with van der Waals surface area (Å²) in [5, 5.41) is 4.21. The molecule has 2 aliphatic heterocycles. The van der Waals surface area contributed by atoms with E-state index >= 15 is 0 Å². The number of nitrogens with one attached hydrogen (secondary N) is 1. The van der Waals surface area contributed by atoms with Crippen LogP contribution in [0.3, 0.4) is 0 Å². The Hall–Kier alpha value is -4.61. The van der Waals surface area contributed by atoms with Gasteiger partial charge in [0.05, 0.1) is 37.8 Å². The van der Waals surface area contributed by atoms with E-state index in [9.17, 15) is 4.79 Å². The van der Waals surface area contributed by atoms with Gasteiger partial charge in [0.15, 0.2) is 11.5 Å². The van der Waals surface area contributed by atoms with Gasteiger partial charge in [0.1, 0.15) is 36.4 Å². The van der Waals surface area contributed by atoms with E-state index < -0.39 is 0 Å². The van der Waals surface area contributed by atoms with Crippen molar-refractivity contribution in [2.24, 2.45) is 0 Å². The van der Waals surface area contributed by atoms with Crippen LogP contribution in [0.25, 0.3) is 22.2 Å². The molecule has 1 N–H and O–H groups in total. The smallest absolute Gasteiger partial charge is 0.245 e. The number of rotatable bonds is 11. The van der Waals surface area contributed by atoms with Crippen LogP contribution in [0.15, 0.2) is 72.1 Å². The number of anilines is 2. The summed E-state index contributed by atoms with van der Waals surface area (Å²) in [7, 11) is 1.63. The molecular weight excluding hydrogens is 562 g/mol. The Morgan fingerprint density at radius 2 is 1.91 bits per heavy atom. The zero-order valence-corrected chi connectivity index (χ0v) is 24.9. The van der Waals surface area contributed by atoms with Gasteiger partial charge in [-0.2, -0.15) is 0 Å². The number of nitrogens with zero attached hydrogens (tertiary/aromatic N) is 4. The molecule has 6 rings (SSSR count). The zero-order chi connectivity index (χ0) is 30.3. The first-order valence-electron chi connectivity index (χ1n) is 14.9. The largest absolute Gasteiger partial charge is 0.495 e. The number of likely N-dealkylation sites (tertiary alicyclic amines) is 1. The Balaban J connectivity index is 1.28. The van der Waals surface area contributed by atoms with E-state index in [2.05, 4.69) is 26.8 Å². The molecule has 11 heteroatoms. The predicted molar refractivity (Wildman–Crippen MR) is 167 cm³/mol. The van der Waals surface area contributed by atoms with Gasteiger partial charge in [0.2, 0.25) is 5.91 Å². The minimum Gasteiger partial charge on any atom is -0.495 e. The monoisotopic (exact) mass is 599 g/mol. The van der Waals surface area contributed by atoms with Gasteiger partial charge in [-0.15, -0.1) is 0 Å². The molecule has 2 aliphatic rings. The van der Waals surface area contributed by atoms with E-state index in [1.165, 1.54) is 12.4 Å². The van der Waals surface area contributed by atoms with Gasteiger partial charge < -0.3 is 33.6 Å². The Morgan fingerprint density at radius 1 is 1.07 bits per heavy atom. The topological polar surface area (TPSA) is 111 Å². The van der Waals surface area contributed by atoms with Crippen LogP contribution >= 0.6 is 0 Å². The molecule has 44 heavy (non-hydrogen) atoms. The van der Waals surface area contributed by atoms with Gasteiger partial charge in [0.25, 0.3) is 0 Å². The number of hydrogen-bond donors (Lipinski definition) is 1. The second-order valence-electron chi connectivity index (χ2n) is 10.7. The van der Waals surface area contributed by atoms with Crippen molar-refractivity contribution in [1.82, 2.24) is 19.8 Å². The number of carbonyl (C=O) groups is 1. The molecular formula is C33H37N5O6. The number of hydrogen-bond acceptors (Lipinski definition) is 10. The lowest BCUT2D eigenvalue weighted by Crippen LogP contribution is -2.41. The van der Waals surface area contributed by atoms with Gasteiger partial charge in [-0.25, -0.2) is 9.97 Å². The van der Waals surface area contributed by atoms with Crippen LogP contribution in [0.5, 0.6) is 17.2 Å². The van der Waals surface area contributed by atoms with Crippen LogP contribution in [-0.2, 0) is 9.53 Å². The third-order valence-corrected chi connectivity index (χ3v) is 7.95. The Morgan fingerprint density at radius 3 is 2.66 bits per heavy atom. The Bertz CT molecular complexity index is 1580. The number of piperidine rings is 1. The zero-order valence-electron chi connectivity index (χ0n) is 24.9. The number of benzene rings is 2. The minimum absolute atomic E-state index is 0.0549. The van der Waals surface area contributed by atoms with Crippen molar-refractivity contribution >= 4 is 28.3 Å². The normalized spacial score (nSPS) is 16.1. The number of ether oxygens (including phenoxy) is 4. The molecule has 2 aromatic carbocycles. The standard InChI is InChI=1S/C33H37N5O6/c1-3-32(39)38-10-8-24(9-11-38)44-31-20-25-26(21-30(31)43-18-14-37-12-16-41-17-13-37)34-22-35-33(25)36-27-19-23(6-7-29(27)40-2)28-5-4-15-42-28/h3-7,15,19-22,24H,1,8-14,16-18H2,2H3,(H,34,35,36). The SMILES string of the molecule is C=CC(=O)N1CCC(Oc2cc3c(Nc4cc(-c5ccco5)ccc4OC)ncnc3cc2OCCN2CCOCC2)CC1. The average Bonchev–Trinajstić information content (AvgIpc) is 3.61. The molecule has 0 unspecified atom stereocenters. The maximum absolute atomic E-state index is 12.1. The van der Waals surface area contributed by atoms with E-state index in [0.29, 0.717) is 61.1 Å². The van der Waals surface area contributed by atoms with Crippen LogP contribution in [0.2, 0.25) is 0 Å². The first-order chi connectivity index (χ1) is 21.6. The summed E-state index contributed by atoms with van der Waals surface area (Å²) in [4.78, 5) is 25.4. The maximum Gasteiger partial charge on any atom is 0.245 e. The number of fused-ring (bicyclic) bond motifs is 1. The molecule has 0 saturated carbocycles. The number of morpholine rings is 1. The third-order valence-electron chi connectivity index (χ3n) is 7.95. The van der Waals surface area contributed by atoms with E-state index in [-0.39, 0.29) is 12.0 Å². The summed E-state index contributed by atoms with van der Waals surface area (Å²) >= 11 is 0. The number of carbonyl (C=O) groups excluding carboxylic acids is 1. The highest BCUT2D eigenvalue weighted by molar-refractivity contribution is 5.93. The summed E-state index contributed by atoms with van der Waals surface area (Å²) in [6, 6.07) is 13.4. The molecule has 0 aliphatic carbocycles. The lowest BCUT2D eigenvalue weighted by molar-refractivity contribution is -0.127. The van der Waals surface area contributed by atoms with E-state index in [1.54, 1.807) is 18.3 Å². The molecule has 2 saturated heterocycles. The number of aromatic nitrogens is 2. The van der Waals surface area contributed by atoms with Gasteiger partial charge in [0, 0.05) is 62.6 Å². The predicted octanol–water partition coefficient (Wildman–Crippen LogP) is 4.91. The molecule has 0 radical (unpaired) electrons. The third kappa shape index (κ3) is 6.79. The summed E-state index contributed by atoms with van der Waals surface area (Å²) in [5.74, 6) is 3.19. The van der Waals surface area contributed by atoms with Crippen molar-refractivity contribution in [2.75, 3.05) is 65.0 Å². The first-order valence-corrected chi connectivity index (χ1v) is 14.9. The van der Waals surface area contributed by atoms with Crippen molar-refractivity contribution in [1.29, 1.82) is 0 Å². The maximum atomic E-state index is 12.1. The van der Waals surface area contributed by atoms with Crippen molar-refractivity contribution in [3.63, 3.8) is 0 Å². The fourth-order valence-corrected chi connectivity index (χ4v) is 5.51. The molecule has 0 bridgehead atoms.